The summed E-state index contributed by atoms with van der Waals surface area (Å²) >= 11 is 0. The van der Waals surface area contributed by atoms with E-state index in [0.717, 1.165) is 36.9 Å². The molecule has 2 aromatic carbocycles. The predicted molar refractivity (Wildman–Crippen MR) is 115 cm³/mol. The fourth-order valence-electron chi connectivity index (χ4n) is 4.92. The molecule has 0 bridgehead atoms. The van der Waals surface area contributed by atoms with E-state index >= 15 is 0 Å². The number of rotatable bonds is 5. The molecule has 0 spiro atoms. The van der Waals surface area contributed by atoms with Crippen molar-refractivity contribution < 1.29 is 14.7 Å². The Labute approximate surface area is 172 Å². The van der Waals surface area contributed by atoms with E-state index < -0.39 is 5.97 Å². The van der Waals surface area contributed by atoms with Crippen LogP contribution in [-0.2, 0) is 0 Å². The first-order chi connectivity index (χ1) is 14.1. The van der Waals surface area contributed by atoms with Crippen molar-refractivity contribution in [3.8, 4) is 0 Å². The van der Waals surface area contributed by atoms with Gasteiger partial charge in [0.2, 0.25) is 0 Å². The second-order valence-corrected chi connectivity index (χ2v) is 8.50. The first kappa shape index (κ1) is 19.7. The lowest BCUT2D eigenvalue weighted by Gasteiger charge is -2.22. The molecule has 4 rings (SSSR count). The Balaban J connectivity index is 1.52. The van der Waals surface area contributed by atoms with E-state index in [1.807, 2.05) is 12.1 Å². The summed E-state index contributed by atoms with van der Waals surface area (Å²) in [5.41, 5.74) is 3.95. The summed E-state index contributed by atoms with van der Waals surface area (Å²) in [7, 11) is 0. The van der Waals surface area contributed by atoms with E-state index in [2.05, 4.69) is 17.4 Å². The molecular weight excluding hydrogens is 362 g/mol. The van der Waals surface area contributed by atoms with Gasteiger partial charge in [-0.05, 0) is 79.0 Å². The van der Waals surface area contributed by atoms with Crippen molar-refractivity contribution in [3.63, 3.8) is 0 Å². The smallest absolute Gasteiger partial charge is 0.335 e. The molecule has 2 aliphatic carbocycles. The molecule has 2 N–H and O–H groups in total. The van der Waals surface area contributed by atoms with Crippen LogP contribution in [0, 0.1) is 0 Å². The van der Waals surface area contributed by atoms with Crippen LogP contribution in [0.4, 0.5) is 5.69 Å². The second kappa shape index (κ2) is 8.81. The van der Waals surface area contributed by atoms with Crippen molar-refractivity contribution in [1.29, 1.82) is 0 Å². The fraction of sp³-hybridized carbons (Fsp3) is 0.440. The van der Waals surface area contributed by atoms with Crippen LogP contribution in [-0.4, -0.2) is 17.0 Å². The largest absolute Gasteiger partial charge is 0.478 e. The Hall–Kier alpha value is -2.62. The quantitative estimate of drug-likeness (QED) is 0.625. The Kier molecular flexibility index (Phi) is 5.98. The van der Waals surface area contributed by atoms with Crippen LogP contribution in [0.5, 0.6) is 0 Å². The summed E-state index contributed by atoms with van der Waals surface area (Å²) < 4.78 is 0. The molecule has 2 fully saturated rings. The Morgan fingerprint density at radius 2 is 1.34 bits per heavy atom. The first-order valence-electron chi connectivity index (χ1n) is 10.9. The molecule has 2 aromatic rings. The highest BCUT2D eigenvalue weighted by Crippen LogP contribution is 2.38. The minimum absolute atomic E-state index is 0.137. The van der Waals surface area contributed by atoms with Crippen LogP contribution in [0.15, 0.2) is 42.5 Å². The third-order valence-electron chi connectivity index (χ3n) is 6.59. The number of amides is 1. The highest BCUT2D eigenvalue weighted by atomic mass is 16.4. The summed E-state index contributed by atoms with van der Waals surface area (Å²) in [4.78, 5) is 24.3. The van der Waals surface area contributed by atoms with E-state index in [4.69, 9.17) is 0 Å². The molecule has 29 heavy (non-hydrogen) atoms. The van der Waals surface area contributed by atoms with Crippen LogP contribution in [0.2, 0.25) is 0 Å². The molecule has 0 saturated heterocycles. The Bertz CT molecular complexity index is 875. The van der Waals surface area contributed by atoms with Gasteiger partial charge in [0.05, 0.1) is 5.56 Å². The van der Waals surface area contributed by atoms with E-state index in [1.54, 1.807) is 18.2 Å². The zero-order chi connectivity index (χ0) is 20.2. The van der Waals surface area contributed by atoms with Gasteiger partial charge in [0.15, 0.2) is 0 Å². The molecular formula is C25H29NO3. The number of carbonyl (C=O) groups is 2. The van der Waals surface area contributed by atoms with Gasteiger partial charge in [-0.2, -0.15) is 0 Å². The first-order valence-corrected chi connectivity index (χ1v) is 10.9. The van der Waals surface area contributed by atoms with Gasteiger partial charge in [-0.3, -0.25) is 4.79 Å². The molecule has 4 heteroatoms. The molecule has 152 valence electrons. The van der Waals surface area contributed by atoms with Gasteiger partial charge < -0.3 is 10.4 Å². The van der Waals surface area contributed by atoms with Crippen LogP contribution in [0.25, 0.3) is 0 Å². The van der Waals surface area contributed by atoms with Crippen molar-refractivity contribution >= 4 is 17.6 Å². The zero-order valence-corrected chi connectivity index (χ0v) is 16.8. The number of anilines is 1. The molecule has 0 unspecified atom stereocenters. The number of aromatic carboxylic acids is 1. The molecule has 0 atom stereocenters. The van der Waals surface area contributed by atoms with Gasteiger partial charge >= 0.3 is 5.97 Å². The molecule has 1 amide bonds. The maximum Gasteiger partial charge on any atom is 0.335 e. The number of carboxylic acids is 1. The molecule has 2 saturated carbocycles. The monoisotopic (exact) mass is 391 g/mol. The van der Waals surface area contributed by atoms with Crippen molar-refractivity contribution in [1.82, 2.24) is 0 Å². The van der Waals surface area contributed by atoms with Gasteiger partial charge in [0.25, 0.3) is 5.91 Å². The number of hydrogen-bond acceptors (Lipinski definition) is 2. The van der Waals surface area contributed by atoms with E-state index in [-0.39, 0.29) is 11.5 Å². The summed E-state index contributed by atoms with van der Waals surface area (Å²) in [5, 5.41) is 12.4. The highest BCUT2D eigenvalue weighted by Gasteiger charge is 2.23. The maximum absolute atomic E-state index is 12.9. The van der Waals surface area contributed by atoms with Crippen molar-refractivity contribution in [3.05, 3.63) is 64.7 Å². The molecule has 0 aliphatic heterocycles. The lowest BCUT2D eigenvalue weighted by atomic mass is 9.84. The lowest BCUT2D eigenvalue weighted by molar-refractivity contribution is 0.0696. The Morgan fingerprint density at radius 3 is 2.00 bits per heavy atom. The van der Waals surface area contributed by atoms with Crippen LogP contribution < -0.4 is 5.32 Å². The maximum atomic E-state index is 12.9. The van der Waals surface area contributed by atoms with E-state index in [9.17, 15) is 14.7 Å². The molecule has 4 nitrogen and oxygen atoms in total. The average Bonchev–Trinajstić information content (AvgIpc) is 3.29. The SMILES string of the molecule is O=C(O)c1ccc(NC(=O)c2ccc(C3CCCCC3)cc2)c(C2CCCC2)c1. The number of carbonyl (C=O) groups excluding carboxylic acids is 1. The molecule has 2 aliphatic rings. The van der Waals surface area contributed by atoms with E-state index in [0.29, 0.717) is 17.4 Å². The van der Waals surface area contributed by atoms with Crippen LogP contribution >= 0.6 is 0 Å². The van der Waals surface area contributed by atoms with Gasteiger partial charge in [-0.1, -0.05) is 44.2 Å². The second-order valence-electron chi connectivity index (χ2n) is 8.50. The normalized spacial score (nSPS) is 17.9. The van der Waals surface area contributed by atoms with Crippen molar-refractivity contribution in [2.75, 3.05) is 5.32 Å². The number of benzene rings is 2. The van der Waals surface area contributed by atoms with Crippen LogP contribution in [0.3, 0.4) is 0 Å². The third-order valence-corrected chi connectivity index (χ3v) is 6.59. The molecule has 0 aromatic heterocycles. The van der Waals surface area contributed by atoms with Crippen molar-refractivity contribution in [2.24, 2.45) is 0 Å². The predicted octanol–water partition coefficient (Wildman–Crippen LogP) is 6.34. The highest BCUT2D eigenvalue weighted by molar-refractivity contribution is 6.05. The standard InChI is InChI=1S/C25H29NO3/c27-24(20-12-10-18(11-13-20)17-6-2-1-3-7-17)26-23-15-14-21(25(28)29)16-22(23)19-8-4-5-9-19/h10-17,19H,1-9H2,(H,26,27)(H,28,29). The van der Waals surface area contributed by atoms with E-state index in [1.165, 1.54) is 37.7 Å². The van der Waals surface area contributed by atoms with Crippen LogP contribution in [0.1, 0.15) is 101 Å². The lowest BCUT2D eigenvalue weighted by Crippen LogP contribution is -2.15. The van der Waals surface area contributed by atoms with Gasteiger partial charge in [-0.15, -0.1) is 0 Å². The number of nitrogens with one attached hydrogen (secondary N) is 1. The third kappa shape index (κ3) is 4.52. The zero-order valence-electron chi connectivity index (χ0n) is 16.8. The van der Waals surface area contributed by atoms with Gasteiger partial charge in [0.1, 0.15) is 0 Å². The summed E-state index contributed by atoms with van der Waals surface area (Å²) in [6.45, 7) is 0. The molecule has 0 heterocycles. The minimum Gasteiger partial charge on any atom is -0.478 e. The Morgan fingerprint density at radius 1 is 0.759 bits per heavy atom. The summed E-state index contributed by atoms with van der Waals surface area (Å²) in [6.07, 6.45) is 10.8. The average molecular weight is 392 g/mol. The van der Waals surface area contributed by atoms with Gasteiger partial charge in [-0.25, -0.2) is 4.79 Å². The number of hydrogen-bond donors (Lipinski definition) is 2. The minimum atomic E-state index is -0.930. The summed E-state index contributed by atoms with van der Waals surface area (Å²) in [6, 6.07) is 13.1. The van der Waals surface area contributed by atoms with Gasteiger partial charge in [0, 0.05) is 11.3 Å². The molecule has 0 radical (unpaired) electrons. The summed E-state index contributed by atoms with van der Waals surface area (Å²) in [5.74, 6) is -0.125. The van der Waals surface area contributed by atoms with Crippen molar-refractivity contribution in [2.45, 2.75) is 69.6 Å². The number of carboxylic acid groups (broad SMARTS) is 1. The fourth-order valence-corrected chi connectivity index (χ4v) is 4.92. The topological polar surface area (TPSA) is 66.4 Å².